The van der Waals surface area contributed by atoms with Gasteiger partial charge in [0.15, 0.2) is 11.5 Å². The fourth-order valence-corrected chi connectivity index (χ4v) is 3.41. The normalized spacial score (nSPS) is 13.1. The molecule has 0 aliphatic carbocycles. The molecular formula is C21H20ClN3O3. The van der Waals surface area contributed by atoms with Crippen molar-refractivity contribution in [1.82, 2.24) is 15.1 Å². The summed E-state index contributed by atoms with van der Waals surface area (Å²) >= 11 is 6.32. The van der Waals surface area contributed by atoms with Gasteiger partial charge in [-0.25, -0.2) is 4.68 Å². The molecule has 0 fully saturated rings. The third-order valence-corrected chi connectivity index (χ3v) is 4.85. The SMILES string of the molecule is Cc1c(C(=O)NCc2cc(Cl)c3c(c2)OCCCO3)cnn1-c1ccccc1. The molecule has 0 atom stereocenters. The lowest BCUT2D eigenvalue weighted by molar-refractivity contribution is 0.0950. The summed E-state index contributed by atoms with van der Waals surface area (Å²) in [6.07, 6.45) is 2.39. The van der Waals surface area contributed by atoms with E-state index in [1.165, 1.54) is 0 Å². The van der Waals surface area contributed by atoms with E-state index < -0.39 is 0 Å². The highest BCUT2D eigenvalue weighted by atomic mass is 35.5. The number of ether oxygens (including phenoxy) is 2. The van der Waals surface area contributed by atoms with E-state index in [0.29, 0.717) is 41.8 Å². The molecule has 0 saturated carbocycles. The number of aromatic nitrogens is 2. The maximum Gasteiger partial charge on any atom is 0.255 e. The van der Waals surface area contributed by atoms with Crippen LogP contribution in [0.3, 0.4) is 0 Å². The Balaban J connectivity index is 1.49. The Kier molecular flexibility index (Phi) is 5.21. The van der Waals surface area contributed by atoms with E-state index in [0.717, 1.165) is 23.4 Å². The smallest absolute Gasteiger partial charge is 0.255 e. The monoisotopic (exact) mass is 397 g/mol. The number of rotatable bonds is 4. The third-order valence-electron chi connectivity index (χ3n) is 4.57. The summed E-state index contributed by atoms with van der Waals surface area (Å²) < 4.78 is 13.1. The Morgan fingerprint density at radius 2 is 2.00 bits per heavy atom. The number of amides is 1. The molecule has 7 heteroatoms. The van der Waals surface area contributed by atoms with Crippen LogP contribution in [0.5, 0.6) is 11.5 Å². The molecule has 28 heavy (non-hydrogen) atoms. The van der Waals surface area contributed by atoms with Crippen LogP contribution in [0.25, 0.3) is 5.69 Å². The first-order valence-corrected chi connectivity index (χ1v) is 9.47. The van der Waals surface area contributed by atoms with Crippen LogP contribution in [-0.2, 0) is 6.54 Å². The van der Waals surface area contributed by atoms with Crippen molar-refractivity contribution in [3.05, 3.63) is 70.5 Å². The summed E-state index contributed by atoms with van der Waals surface area (Å²) in [6, 6.07) is 13.3. The van der Waals surface area contributed by atoms with E-state index in [2.05, 4.69) is 10.4 Å². The fourth-order valence-electron chi connectivity index (χ4n) is 3.13. The third kappa shape index (κ3) is 3.68. The van der Waals surface area contributed by atoms with Gasteiger partial charge in [0.2, 0.25) is 0 Å². The second-order valence-electron chi connectivity index (χ2n) is 6.53. The summed E-state index contributed by atoms with van der Waals surface area (Å²) in [4.78, 5) is 12.7. The highest BCUT2D eigenvalue weighted by molar-refractivity contribution is 6.32. The summed E-state index contributed by atoms with van der Waals surface area (Å²) in [5.41, 5.74) is 3.06. The average Bonchev–Trinajstić information content (AvgIpc) is 2.93. The van der Waals surface area contributed by atoms with Gasteiger partial charge in [-0.1, -0.05) is 29.8 Å². The number of carbonyl (C=O) groups is 1. The zero-order valence-electron chi connectivity index (χ0n) is 15.4. The molecule has 0 spiro atoms. The van der Waals surface area contributed by atoms with Crippen molar-refractivity contribution < 1.29 is 14.3 Å². The Morgan fingerprint density at radius 3 is 2.82 bits per heavy atom. The molecule has 0 radical (unpaired) electrons. The molecule has 0 unspecified atom stereocenters. The van der Waals surface area contributed by atoms with Crippen LogP contribution in [0.2, 0.25) is 5.02 Å². The van der Waals surface area contributed by atoms with Gasteiger partial charge in [-0.05, 0) is 36.8 Å². The molecule has 0 saturated heterocycles. The Bertz CT molecular complexity index is 1000. The van der Waals surface area contributed by atoms with Crippen molar-refractivity contribution in [3.63, 3.8) is 0 Å². The largest absolute Gasteiger partial charge is 0.489 e. The van der Waals surface area contributed by atoms with Crippen LogP contribution in [0.1, 0.15) is 28.0 Å². The predicted octanol–water partition coefficient (Wildman–Crippen LogP) is 3.93. The van der Waals surface area contributed by atoms with Gasteiger partial charge in [-0.3, -0.25) is 4.79 Å². The van der Waals surface area contributed by atoms with Crippen molar-refractivity contribution >= 4 is 17.5 Å². The lowest BCUT2D eigenvalue weighted by Gasteiger charge is -2.12. The van der Waals surface area contributed by atoms with Crippen molar-refractivity contribution in [2.75, 3.05) is 13.2 Å². The van der Waals surface area contributed by atoms with Crippen molar-refractivity contribution in [3.8, 4) is 17.2 Å². The molecule has 1 aliphatic rings. The van der Waals surface area contributed by atoms with Crippen LogP contribution >= 0.6 is 11.6 Å². The standard InChI is InChI=1S/C21H20ClN3O3/c1-14-17(13-24-25(14)16-6-3-2-4-7-16)21(26)23-12-15-10-18(22)20-19(11-15)27-8-5-9-28-20/h2-4,6-7,10-11,13H,5,8-9,12H2,1H3,(H,23,26). The number of hydrogen-bond donors (Lipinski definition) is 1. The minimum atomic E-state index is -0.192. The molecule has 0 bridgehead atoms. The molecule has 144 valence electrons. The Morgan fingerprint density at radius 1 is 1.21 bits per heavy atom. The molecule has 6 nitrogen and oxygen atoms in total. The Hall–Kier alpha value is -2.99. The molecule has 1 aliphatic heterocycles. The van der Waals surface area contributed by atoms with E-state index in [-0.39, 0.29) is 5.91 Å². The first kappa shape index (κ1) is 18.4. The molecule has 2 heterocycles. The first-order valence-electron chi connectivity index (χ1n) is 9.10. The quantitative estimate of drug-likeness (QED) is 0.724. The highest BCUT2D eigenvalue weighted by Gasteiger charge is 2.18. The van der Waals surface area contributed by atoms with Gasteiger partial charge in [-0.2, -0.15) is 5.10 Å². The minimum absolute atomic E-state index is 0.192. The molecule has 4 rings (SSSR count). The van der Waals surface area contributed by atoms with Gasteiger partial charge >= 0.3 is 0 Å². The second-order valence-corrected chi connectivity index (χ2v) is 6.94. The first-order chi connectivity index (χ1) is 13.6. The molecule has 1 aromatic heterocycles. The molecule has 1 N–H and O–H groups in total. The zero-order chi connectivity index (χ0) is 19.5. The molecule has 3 aromatic rings. The number of carbonyl (C=O) groups excluding carboxylic acids is 1. The number of nitrogens with one attached hydrogen (secondary N) is 1. The summed E-state index contributed by atoms with van der Waals surface area (Å²) in [5, 5.41) is 7.75. The molecular weight excluding hydrogens is 378 g/mol. The predicted molar refractivity (Wildman–Crippen MR) is 107 cm³/mol. The van der Waals surface area contributed by atoms with E-state index in [1.54, 1.807) is 16.9 Å². The Labute approximate surface area is 168 Å². The number of benzene rings is 2. The summed E-state index contributed by atoms with van der Waals surface area (Å²) in [6.45, 7) is 3.36. The lowest BCUT2D eigenvalue weighted by Crippen LogP contribution is -2.23. The van der Waals surface area contributed by atoms with Gasteiger partial charge in [0.25, 0.3) is 5.91 Å². The molecule has 2 aromatic carbocycles. The van der Waals surface area contributed by atoms with Crippen LogP contribution in [0, 0.1) is 6.92 Å². The van der Waals surface area contributed by atoms with Crippen LogP contribution in [-0.4, -0.2) is 28.9 Å². The van der Waals surface area contributed by atoms with E-state index in [4.69, 9.17) is 21.1 Å². The van der Waals surface area contributed by atoms with Gasteiger partial charge in [0.1, 0.15) is 0 Å². The van der Waals surface area contributed by atoms with E-state index in [9.17, 15) is 4.79 Å². The summed E-state index contributed by atoms with van der Waals surface area (Å²) in [7, 11) is 0. The highest BCUT2D eigenvalue weighted by Crippen LogP contribution is 2.38. The maximum absolute atomic E-state index is 12.7. The number of fused-ring (bicyclic) bond motifs is 1. The van der Waals surface area contributed by atoms with E-state index in [1.807, 2.05) is 43.3 Å². The fraction of sp³-hybridized carbons (Fsp3) is 0.238. The number of hydrogen-bond acceptors (Lipinski definition) is 4. The van der Waals surface area contributed by atoms with Crippen LogP contribution in [0.4, 0.5) is 0 Å². The van der Waals surface area contributed by atoms with E-state index >= 15 is 0 Å². The number of para-hydroxylation sites is 1. The second kappa shape index (κ2) is 7.94. The zero-order valence-corrected chi connectivity index (χ0v) is 16.2. The van der Waals surface area contributed by atoms with Gasteiger partial charge in [-0.15, -0.1) is 0 Å². The average molecular weight is 398 g/mol. The van der Waals surface area contributed by atoms with Crippen molar-refractivity contribution in [1.29, 1.82) is 0 Å². The summed E-state index contributed by atoms with van der Waals surface area (Å²) in [5.74, 6) is 0.986. The minimum Gasteiger partial charge on any atom is -0.489 e. The van der Waals surface area contributed by atoms with Crippen LogP contribution < -0.4 is 14.8 Å². The van der Waals surface area contributed by atoms with Gasteiger partial charge in [0, 0.05) is 13.0 Å². The number of halogens is 1. The van der Waals surface area contributed by atoms with Crippen LogP contribution in [0.15, 0.2) is 48.7 Å². The number of nitrogens with zero attached hydrogens (tertiary/aromatic N) is 2. The lowest BCUT2D eigenvalue weighted by atomic mass is 10.2. The van der Waals surface area contributed by atoms with Gasteiger partial charge < -0.3 is 14.8 Å². The topological polar surface area (TPSA) is 65.4 Å². The van der Waals surface area contributed by atoms with Crippen molar-refractivity contribution in [2.45, 2.75) is 19.9 Å². The van der Waals surface area contributed by atoms with Gasteiger partial charge in [0.05, 0.1) is 41.4 Å². The maximum atomic E-state index is 12.7. The molecule has 1 amide bonds. The van der Waals surface area contributed by atoms with Crippen molar-refractivity contribution in [2.24, 2.45) is 0 Å².